The van der Waals surface area contributed by atoms with Crippen molar-refractivity contribution >= 4 is 81.4 Å². The Labute approximate surface area is 317 Å². The van der Waals surface area contributed by atoms with E-state index in [1.165, 1.54) is 92.6 Å². The van der Waals surface area contributed by atoms with Gasteiger partial charge < -0.3 is 0 Å². The average molecular weight is 697 g/mol. The predicted octanol–water partition coefficient (Wildman–Crippen LogP) is 14.4. The van der Waals surface area contributed by atoms with Crippen molar-refractivity contribution in [2.45, 2.75) is 0 Å². The molecular weight excluding hydrogens is 665 g/mol. The molecule has 0 aliphatic carbocycles. The summed E-state index contributed by atoms with van der Waals surface area (Å²) < 4.78 is 2.42. The number of pyridine rings is 1. The van der Waals surface area contributed by atoms with Gasteiger partial charge >= 0.3 is 0 Å². The topological polar surface area (TPSA) is 17.3 Å². The Hall–Kier alpha value is -7.29. The highest BCUT2D eigenvalue weighted by Crippen LogP contribution is 2.46. The molecule has 254 valence electrons. The number of benzene rings is 10. The minimum Gasteiger partial charge on any atom is -0.292 e. The molecule has 2 heteroatoms. The SMILES string of the molecule is c1ccc(-c2ccc(-c3c4ccccc4c(-c4ccc5c6ccc7ccccc7c6c6nc7c8ccccc8ccc7n6c5c4)c4ccccc34)cc2)cc1. The lowest BCUT2D eigenvalue weighted by Crippen LogP contribution is -1.95. The van der Waals surface area contributed by atoms with Gasteiger partial charge in [-0.15, -0.1) is 0 Å². The third-order valence-electron chi connectivity index (χ3n) is 11.7. The van der Waals surface area contributed by atoms with E-state index >= 15 is 0 Å². The van der Waals surface area contributed by atoms with Crippen molar-refractivity contribution in [2.75, 3.05) is 0 Å². The summed E-state index contributed by atoms with van der Waals surface area (Å²) in [6, 6.07) is 71.0. The summed E-state index contributed by atoms with van der Waals surface area (Å²) in [6.07, 6.45) is 0. The molecule has 2 heterocycles. The molecule has 12 aromatic rings. The lowest BCUT2D eigenvalue weighted by atomic mass is 9.85. The van der Waals surface area contributed by atoms with Crippen LogP contribution in [-0.2, 0) is 0 Å². The molecule has 55 heavy (non-hydrogen) atoms. The highest BCUT2D eigenvalue weighted by molar-refractivity contribution is 6.26. The first-order chi connectivity index (χ1) is 27.3. The van der Waals surface area contributed by atoms with Crippen LogP contribution in [0.15, 0.2) is 194 Å². The standard InChI is InChI=1S/C53H32N2/c1-2-12-33(13-3-1)34-22-24-37(25-23-34)49-42-18-8-10-20-44(42)50(45-21-11-9-19-43(45)49)38-27-29-41-46-30-26-35-14-4-6-16-39(35)51(46)53-54-52-40-17-7-5-15-36(40)28-31-47(52)55(53)48(41)32-38/h1-32H. The van der Waals surface area contributed by atoms with Gasteiger partial charge in [-0.25, -0.2) is 4.98 Å². The third-order valence-corrected chi connectivity index (χ3v) is 11.7. The van der Waals surface area contributed by atoms with Gasteiger partial charge in [0.1, 0.15) is 5.65 Å². The lowest BCUT2D eigenvalue weighted by Gasteiger charge is -2.19. The fourth-order valence-corrected chi connectivity index (χ4v) is 9.27. The molecule has 0 N–H and O–H groups in total. The average Bonchev–Trinajstić information content (AvgIpc) is 3.66. The van der Waals surface area contributed by atoms with Crippen molar-refractivity contribution in [3.8, 4) is 33.4 Å². The van der Waals surface area contributed by atoms with E-state index in [2.05, 4.69) is 199 Å². The van der Waals surface area contributed by atoms with Crippen molar-refractivity contribution in [1.82, 2.24) is 9.38 Å². The number of hydrogen-bond acceptors (Lipinski definition) is 1. The molecule has 0 saturated heterocycles. The second-order valence-electron chi connectivity index (χ2n) is 14.7. The van der Waals surface area contributed by atoms with E-state index in [0.29, 0.717) is 0 Å². The number of imidazole rings is 1. The van der Waals surface area contributed by atoms with Gasteiger partial charge in [-0.2, -0.15) is 0 Å². The second-order valence-corrected chi connectivity index (χ2v) is 14.7. The Morgan fingerprint density at radius 3 is 1.49 bits per heavy atom. The van der Waals surface area contributed by atoms with Crippen LogP contribution < -0.4 is 0 Å². The fourth-order valence-electron chi connectivity index (χ4n) is 9.27. The monoisotopic (exact) mass is 696 g/mol. The molecule has 0 radical (unpaired) electrons. The molecule has 12 rings (SSSR count). The largest absolute Gasteiger partial charge is 0.292 e. The fraction of sp³-hybridized carbons (Fsp3) is 0. The van der Waals surface area contributed by atoms with Crippen molar-refractivity contribution < 1.29 is 0 Å². The Balaban J connectivity index is 1.18. The van der Waals surface area contributed by atoms with Crippen molar-refractivity contribution in [3.05, 3.63) is 194 Å². The Morgan fingerprint density at radius 2 is 0.800 bits per heavy atom. The molecule has 0 atom stereocenters. The normalized spacial score (nSPS) is 12.0. The second kappa shape index (κ2) is 11.6. The molecule has 10 aromatic carbocycles. The van der Waals surface area contributed by atoms with E-state index in [1.807, 2.05) is 0 Å². The zero-order valence-electron chi connectivity index (χ0n) is 29.9. The summed E-state index contributed by atoms with van der Waals surface area (Å²) >= 11 is 0. The van der Waals surface area contributed by atoms with Gasteiger partial charge in [0.25, 0.3) is 0 Å². The molecule has 2 aromatic heterocycles. The van der Waals surface area contributed by atoms with Crippen molar-refractivity contribution in [3.63, 3.8) is 0 Å². The summed E-state index contributed by atoms with van der Waals surface area (Å²) in [5.41, 5.74) is 11.7. The summed E-state index contributed by atoms with van der Waals surface area (Å²) in [5.74, 6) is 0. The Bertz CT molecular complexity index is 3460. The van der Waals surface area contributed by atoms with Gasteiger partial charge in [0.05, 0.1) is 16.6 Å². The van der Waals surface area contributed by atoms with Gasteiger partial charge in [-0.1, -0.05) is 182 Å². The maximum atomic E-state index is 5.51. The van der Waals surface area contributed by atoms with Crippen LogP contribution in [0, 0.1) is 0 Å². The van der Waals surface area contributed by atoms with Gasteiger partial charge in [-0.05, 0) is 88.6 Å². The first-order valence-corrected chi connectivity index (χ1v) is 19.0. The molecule has 0 fully saturated rings. The lowest BCUT2D eigenvalue weighted by molar-refractivity contribution is 1.32. The van der Waals surface area contributed by atoms with Gasteiger partial charge in [-0.3, -0.25) is 4.40 Å². The number of nitrogens with zero attached hydrogens (tertiary/aromatic N) is 2. The van der Waals surface area contributed by atoms with Crippen LogP contribution in [0.2, 0.25) is 0 Å². The van der Waals surface area contributed by atoms with Crippen molar-refractivity contribution in [2.24, 2.45) is 0 Å². The predicted molar refractivity (Wildman–Crippen MR) is 234 cm³/mol. The number of fused-ring (bicyclic) bond motifs is 14. The summed E-state index contributed by atoms with van der Waals surface area (Å²) in [4.78, 5) is 5.51. The first kappa shape index (κ1) is 30.2. The third kappa shape index (κ3) is 4.40. The minimum atomic E-state index is 0.992. The highest BCUT2D eigenvalue weighted by Gasteiger charge is 2.20. The van der Waals surface area contributed by atoms with E-state index in [1.54, 1.807) is 0 Å². The number of aromatic nitrogens is 2. The molecule has 0 unspecified atom stereocenters. The minimum absolute atomic E-state index is 0.992. The molecule has 0 saturated carbocycles. The number of hydrogen-bond donors (Lipinski definition) is 0. The Kier molecular flexibility index (Phi) is 6.37. The Morgan fingerprint density at radius 1 is 0.309 bits per heavy atom. The quantitative estimate of drug-likeness (QED) is 0.133. The maximum absolute atomic E-state index is 5.51. The van der Waals surface area contributed by atoms with E-state index in [-0.39, 0.29) is 0 Å². The maximum Gasteiger partial charge on any atom is 0.147 e. The number of rotatable bonds is 3. The summed E-state index contributed by atoms with van der Waals surface area (Å²) in [7, 11) is 0. The molecule has 0 amide bonds. The van der Waals surface area contributed by atoms with Crippen LogP contribution in [-0.4, -0.2) is 9.38 Å². The van der Waals surface area contributed by atoms with Crippen LogP contribution >= 0.6 is 0 Å². The zero-order chi connectivity index (χ0) is 36.0. The van der Waals surface area contributed by atoms with Crippen LogP contribution in [0.25, 0.3) is 115 Å². The molecular formula is C53H32N2. The van der Waals surface area contributed by atoms with Crippen LogP contribution in [0.3, 0.4) is 0 Å². The molecule has 0 aliphatic rings. The van der Waals surface area contributed by atoms with E-state index in [0.717, 1.165) is 22.2 Å². The van der Waals surface area contributed by atoms with Gasteiger partial charge in [0.2, 0.25) is 0 Å². The molecule has 2 nitrogen and oxygen atoms in total. The van der Waals surface area contributed by atoms with Crippen LogP contribution in [0.5, 0.6) is 0 Å². The summed E-state index contributed by atoms with van der Waals surface area (Å²) in [6.45, 7) is 0. The smallest absolute Gasteiger partial charge is 0.147 e. The van der Waals surface area contributed by atoms with Crippen LogP contribution in [0.1, 0.15) is 0 Å². The van der Waals surface area contributed by atoms with E-state index in [9.17, 15) is 0 Å². The zero-order valence-corrected chi connectivity index (χ0v) is 29.9. The summed E-state index contributed by atoms with van der Waals surface area (Å²) in [5, 5.41) is 13.4. The van der Waals surface area contributed by atoms with Crippen molar-refractivity contribution in [1.29, 1.82) is 0 Å². The first-order valence-electron chi connectivity index (χ1n) is 19.0. The van der Waals surface area contributed by atoms with Gasteiger partial charge in [0, 0.05) is 16.2 Å². The highest BCUT2D eigenvalue weighted by atomic mass is 15.0. The molecule has 0 bridgehead atoms. The molecule has 0 spiro atoms. The van der Waals surface area contributed by atoms with E-state index in [4.69, 9.17) is 4.98 Å². The van der Waals surface area contributed by atoms with Crippen LogP contribution in [0.4, 0.5) is 0 Å². The molecule has 0 aliphatic heterocycles. The van der Waals surface area contributed by atoms with E-state index < -0.39 is 0 Å². The van der Waals surface area contributed by atoms with Gasteiger partial charge in [0.15, 0.2) is 0 Å².